The highest BCUT2D eigenvalue weighted by Crippen LogP contribution is 2.48. The molecular formula is C16H14N2O. The van der Waals surface area contributed by atoms with Crippen LogP contribution in [0.2, 0.25) is 0 Å². The van der Waals surface area contributed by atoms with Gasteiger partial charge < -0.3 is 11.1 Å². The molecule has 1 aliphatic heterocycles. The number of amides is 1. The minimum Gasteiger partial charge on any atom is -0.384 e. The molecule has 3 nitrogen and oxygen atoms in total. The first kappa shape index (κ1) is 10.6. The summed E-state index contributed by atoms with van der Waals surface area (Å²) in [5, 5.41) is 3.46. The van der Waals surface area contributed by atoms with Crippen LogP contribution in [0.3, 0.4) is 0 Å². The second-order valence-electron chi connectivity index (χ2n) is 5.18. The van der Waals surface area contributed by atoms with Crippen LogP contribution in [0, 0.1) is 0 Å². The molecular weight excluding hydrogens is 236 g/mol. The molecule has 0 aromatic heterocycles. The van der Waals surface area contributed by atoms with Crippen LogP contribution in [0.1, 0.15) is 23.5 Å². The molecule has 3 aliphatic rings. The van der Waals surface area contributed by atoms with E-state index in [0.717, 1.165) is 13.0 Å². The molecule has 94 valence electrons. The molecule has 3 heteroatoms. The van der Waals surface area contributed by atoms with Crippen molar-refractivity contribution in [2.24, 2.45) is 5.73 Å². The van der Waals surface area contributed by atoms with E-state index in [1.54, 1.807) is 0 Å². The predicted octanol–water partition coefficient (Wildman–Crippen LogP) is 1.84. The first-order valence-corrected chi connectivity index (χ1v) is 6.55. The summed E-state index contributed by atoms with van der Waals surface area (Å²) in [5.74, 6) is -0.178. The first-order chi connectivity index (χ1) is 9.25. The Morgan fingerprint density at radius 1 is 1.32 bits per heavy atom. The molecule has 1 aromatic carbocycles. The Hall–Kier alpha value is -2.29. The van der Waals surface area contributed by atoms with Crippen molar-refractivity contribution in [3.8, 4) is 0 Å². The molecule has 2 aliphatic carbocycles. The maximum Gasteiger partial charge on any atom is 0.248 e. The van der Waals surface area contributed by atoms with Crippen molar-refractivity contribution in [3.05, 3.63) is 64.4 Å². The molecule has 1 unspecified atom stereocenters. The smallest absolute Gasteiger partial charge is 0.248 e. The molecule has 1 heterocycles. The molecule has 0 spiro atoms. The van der Waals surface area contributed by atoms with E-state index in [1.165, 1.54) is 28.0 Å². The van der Waals surface area contributed by atoms with Crippen LogP contribution in [0.25, 0.3) is 5.57 Å². The van der Waals surface area contributed by atoms with Crippen LogP contribution in [-0.4, -0.2) is 12.5 Å². The summed E-state index contributed by atoms with van der Waals surface area (Å²) < 4.78 is 0. The highest BCUT2D eigenvalue weighted by molar-refractivity contribution is 5.98. The Bertz CT molecular complexity index is 694. The number of primary amides is 1. The zero-order valence-corrected chi connectivity index (χ0v) is 10.4. The number of carbonyl (C=O) groups is 1. The summed E-state index contributed by atoms with van der Waals surface area (Å²) in [6, 6.07) is 8.45. The Morgan fingerprint density at radius 3 is 3.00 bits per heavy atom. The molecule has 0 saturated heterocycles. The highest BCUT2D eigenvalue weighted by Gasteiger charge is 2.35. The predicted molar refractivity (Wildman–Crippen MR) is 74.1 cm³/mol. The molecule has 1 atom stereocenters. The normalized spacial score (nSPS) is 23.1. The number of nitrogens with one attached hydrogen (secondary N) is 1. The largest absolute Gasteiger partial charge is 0.384 e. The highest BCUT2D eigenvalue weighted by atomic mass is 16.1. The fraction of sp³-hybridized carbons (Fsp3) is 0.188. The number of allylic oxidation sites excluding steroid dienone is 2. The lowest BCUT2D eigenvalue weighted by Gasteiger charge is -2.25. The van der Waals surface area contributed by atoms with E-state index in [-0.39, 0.29) is 11.8 Å². The van der Waals surface area contributed by atoms with Crippen LogP contribution in [0.4, 0.5) is 0 Å². The Morgan fingerprint density at radius 2 is 2.16 bits per heavy atom. The minimum atomic E-state index is -0.348. The molecule has 0 fully saturated rings. The molecule has 0 radical (unpaired) electrons. The lowest BCUT2D eigenvalue weighted by molar-refractivity contribution is -0.114. The summed E-state index contributed by atoms with van der Waals surface area (Å²) >= 11 is 0. The Balaban J connectivity index is 1.97. The van der Waals surface area contributed by atoms with Gasteiger partial charge in [0.15, 0.2) is 0 Å². The lowest BCUT2D eigenvalue weighted by Crippen LogP contribution is -2.16. The number of carbonyl (C=O) groups excluding carboxylic acids is 1. The average molecular weight is 250 g/mol. The van der Waals surface area contributed by atoms with Crippen molar-refractivity contribution in [2.75, 3.05) is 6.54 Å². The van der Waals surface area contributed by atoms with Crippen molar-refractivity contribution in [2.45, 2.75) is 12.3 Å². The van der Waals surface area contributed by atoms with Crippen molar-refractivity contribution in [3.63, 3.8) is 0 Å². The van der Waals surface area contributed by atoms with Gasteiger partial charge in [0.2, 0.25) is 5.91 Å². The van der Waals surface area contributed by atoms with Gasteiger partial charge in [-0.25, -0.2) is 0 Å². The number of benzene rings is 1. The van der Waals surface area contributed by atoms with Crippen molar-refractivity contribution in [1.82, 2.24) is 5.32 Å². The minimum absolute atomic E-state index is 0.169. The molecule has 19 heavy (non-hydrogen) atoms. The topological polar surface area (TPSA) is 55.1 Å². The number of rotatable bonds is 1. The average Bonchev–Trinajstić information content (AvgIpc) is 3.05. The maximum absolute atomic E-state index is 11.4. The molecule has 0 saturated carbocycles. The van der Waals surface area contributed by atoms with Gasteiger partial charge in [0.1, 0.15) is 0 Å². The van der Waals surface area contributed by atoms with Crippen molar-refractivity contribution >= 4 is 11.5 Å². The summed E-state index contributed by atoms with van der Waals surface area (Å²) in [7, 11) is 0. The third-order valence-electron chi connectivity index (χ3n) is 4.17. The number of hydrogen-bond acceptors (Lipinski definition) is 2. The van der Waals surface area contributed by atoms with Crippen LogP contribution >= 0.6 is 0 Å². The van der Waals surface area contributed by atoms with E-state index >= 15 is 0 Å². The van der Waals surface area contributed by atoms with Gasteiger partial charge in [0.25, 0.3) is 0 Å². The van der Waals surface area contributed by atoms with Crippen LogP contribution in [-0.2, 0) is 4.79 Å². The summed E-state index contributed by atoms with van der Waals surface area (Å²) in [4.78, 5) is 11.4. The maximum atomic E-state index is 11.4. The summed E-state index contributed by atoms with van der Waals surface area (Å²) in [5.41, 5.74) is 12.4. The van der Waals surface area contributed by atoms with Gasteiger partial charge in [-0.1, -0.05) is 30.3 Å². The van der Waals surface area contributed by atoms with Crippen LogP contribution in [0.15, 0.2) is 53.3 Å². The third-order valence-corrected chi connectivity index (χ3v) is 4.17. The monoisotopic (exact) mass is 250 g/mol. The van der Waals surface area contributed by atoms with Gasteiger partial charge >= 0.3 is 0 Å². The zero-order valence-electron chi connectivity index (χ0n) is 10.4. The first-order valence-electron chi connectivity index (χ1n) is 6.55. The van der Waals surface area contributed by atoms with E-state index in [9.17, 15) is 4.79 Å². The van der Waals surface area contributed by atoms with E-state index in [0.29, 0.717) is 5.57 Å². The second kappa shape index (κ2) is 3.60. The quantitative estimate of drug-likeness (QED) is 0.799. The lowest BCUT2D eigenvalue weighted by atomic mass is 9.79. The van der Waals surface area contributed by atoms with E-state index in [2.05, 4.69) is 29.6 Å². The third kappa shape index (κ3) is 1.35. The fourth-order valence-electron chi connectivity index (χ4n) is 3.35. The second-order valence-corrected chi connectivity index (χ2v) is 5.18. The fourth-order valence-corrected chi connectivity index (χ4v) is 3.35. The van der Waals surface area contributed by atoms with E-state index < -0.39 is 0 Å². The van der Waals surface area contributed by atoms with Gasteiger partial charge in [-0.2, -0.15) is 0 Å². The number of hydrogen-bond donors (Lipinski definition) is 2. The van der Waals surface area contributed by atoms with Gasteiger partial charge in [-0.3, -0.25) is 4.79 Å². The number of nitrogens with two attached hydrogens (primary N) is 1. The zero-order chi connectivity index (χ0) is 13.0. The molecule has 0 bridgehead atoms. The molecule has 1 amide bonds. The Kier molecular flexibility index (Phi) is 2.01. The van der Waals surface area contributed by atoms with Crippen LogP contribution < -0.4 is 11.1 Å². The van der Waals surface area contributed by atoms with Crippen molar-refractivity contribution < 1.29 is 4.79 Å². The van der Waals surface area contributed by atoms with E-state index in [4.69, 9.17) is 5.73 Å². The molecule has 1 aromatic rings. The van der Waals surface area contributed by atoms with Gasteiger partial charge in [-0.05, 0) is 34.8 Å². The van der Waals surface area contributed by atoms with Gasteiger partial charge in [0.05, 0.1) is 0 Å². The van der Waals surface area contributed by atoms with Crippen molar-refractivity contribution in [1.29, 1.82) is 0 Å². The summed E-state index contributed by atoms with van der Waals surface area (Å²) in [6.45, 7) is 0.967. The van der Waals surface area contributed by atoms with E-state index in [1.807, 2.05) is 12.2 Å². The molecule has 3 N–H and O–H groups in total. The standard InChI is InChI=1S/C16H14N2O/c17-16(19)9-7-13-11-4-2-1-3-10(11)12-5-6-18-15(12)14(13)8-9/h1-4,7-8,13,18H,5-6H2,(H2,17,19). The van der Waals surface area contributed by atoms with Gasteiger partial charge in [-0.15, -0.1) is 0 Å². The summed E-state index contributed by atoms with van der Waals surface area (Å²) in [6.07, 6.45) is 4.97. The van der Waals surface area contributed by atoms with Crippen LogP contribution in [0.5, 0.6) is 0 Å². The number of fused-ring (bicyclic) bond motifs is 5. The van der Waals surface area contributed by atoms with Gasteiger partial charge in [0, 0.05) is 23.7 Å². The SMILES string of the molecule is NC(=O)C1=CC2C(=C1)C1=C(CCN1)c1ccccc12. The Labute approximate surface area is 111 Å². The molecule has 4 rings (SSSR count).